The van der Waals surface area contributed by atoms with Gasteiger partial charge in [-0.15, -0.1) is 0 Å². The maximum atomic E-state index is 5.83. The molecule has 0 bridgehead atoms. The average molecular weight is 234 g/mol. The summed E-state index contributed by atoms with van der Waals surface area (Å²) < 4.78 is 0. The zero-order valence-corrected chi connectivity index (χ0v) is 9.48. The van der Waals surface area contributed by atoms with Crippen molar-refractivity contribution in [2.45, 2.75) is 6.42 Å². The van der Waals surface area contributed by atoms with Crippen molar-refractivity contribution < 1.29 is 0 Å². The third-order valence-corrected chi connectivity index (χ3v) is 2.48. The van der Waals surface area contributed by atoms with E-state index in [2.05, 4.69) is 9.97 Å². The number of nitrogens with zero attached hydrogens (tertiary/aromatic N) is 2. The van der Waals surface area contributed by atoms with Crippen LogP contribution in [0.3, 0.4) is 0 Å². The van der Waals surface area contributed by atoms with Crippen molar-refractivity contribution in [2.24, 2.45) is 5.73 Å². The summed E-state index contributed by atoms with van der Waals surface area (Å²) in [7, 11) is 0. The van der Waals surface area contributed by atoms with E-state index in [1.54, 1.807) is 12.4 Å². The number of aromatic nitrogens is 2. The zero-order valence-electron chi connectivity index (χ0n) is 8.73. The maximum absolute atomic E-state index is 5.83. The van der Waals surface area contributed by atoms with Crippen LogP contribution < -0.4 is 5.73 Å². The molecule has 0 spiro atoms. The molecule has 82 valence electrons. The van der Waals surface area contributed by atoms with Gasteiger partial charge in [0.1, 0.15) is 0 Å². The Morgan fingerprint density at radius 2 is 1.88 bits per heavy atom. The summed E-state index contributed by atoms with van der Waals surface area (Å²) >= 11 is 5.83. The first-order valence-electron chi connectivity index (χ1n) is 5.06. The predicted molar refractivity (Wildman–Crippen MR) is 65.2 cm³/mol. The lowest BCUT2D eigenvalue weighted by Crippen LogP contribution is -2.05. The Bertz CT molecular complexity index is 468. The third kappa shape index (κ3) is 2.56. The van der Waals surface area contributed by atoms with Crippen molar-refractivity contribution >= 4 is 11.6 Å². The fourth-order valence-corrected chi connectivity index (χ4v) is 1.56. The van der Waals surface area contributed by atoms with E-state index in [-0.39, 0.29) is 0 Å². The molecule has 1 aromatic carbocycles. The smallest absolute Gasteiger partial charge is 0.0888 e. The van der Waals surface area contributed by atoms with Gasteiger partial charge in [-0.2, -0.15) is 0 Å². The van der Waals surface area contributed by atoms with Crippen molar-refractivity contribution in [1.29, 1.82) is 0 Å². The van der Waals surface area contributed by atoms with Gasteiger partial charge in [-0.1, -0.05) is 23.7 Å². The summed E-state index contributed by atoms with van der Waals surface area (Å²) in [5, 5.41) is 0.717. The molecule has 1 aromatic heterocycles. The molecule has 0 radical (unpaired) electrons. The second kappa shape index (κ2) is 5.05. The van der Waals surface area contributed by atoms with Crippen LogP contribution in [-0.4, -0.2) is 16.5 Å². The second-order valence-corrected chi connectivity index (χ2v) is 3.88. The number of nitrogens with two attached hydrogens (primary N) is 1. The largest absolute Gasteiger partial charge is 0.330 e. The first kappa shape index (κ1) is 11.0. The molecule has 3 nitrogen and oxygen atoms in total. The standard InChI is InChI=1S/C12H12ClN3/c13-10-3-1-9(2-4-10)12-8-15-7-11(16-12)5-6-14/h1-4,7-8H,5-6,14H2. The van der Waals surface area contributed by atoms with Crippen molar-refractivity contribution in [1.82, 2.24) is 9.97 Å². The zero-order chi connectivity index (χ0) is 11.4. The Hall–Kier alpha value is -1.45. The van der Waals surface area contributed by atoms with Gasteiger partial charge in [0.2, 0.25) is 0 Å². The molecular formula is C12H12ClN3. The lowest BCUT2D eigenvalue weighted by Gasteiger charge is -2.03. The highest BCUT2D eigenvalue weighted by atomic mass is 35.5. The number of hydrogen-bond acceptors (Lipinski definition) is 3. The molecule has 0 aliphatic rings. The summed E-state index contributed by atoms with van der Waals surface area (Å²) in [5.41, 5.74) is 8.26. The second-order valence-electron chi connectivity index (χ2n) is 3.44. The van der Waals surface area contributed by atoms with Crippen LogP contribution in [0.25, 0.3) is 11.3 Å². The molecule has 0 saturated heterocycles. The Kier molecular flexibility index (Phi) is 3.49. The highest BCUT2D eigenvalue weighted by molar-refractivity contribution is 6.30. The van der Waals surface area contributed by atoms with E-state index in [0.717, 1.165) is 28.4 Å². The maximum Gasteiger partial charge on any atom is 0.0888 e. The van der Waals surface area contributed by atoms with Crippen LogP contribution >= 0.6 is 11.6 Å². The fourth-order valence-electron chi connectivity index (χ4n) is 1.43. The van der Waals surface area contributed by atoms with Gasteiger partial charge < -0.3 is 5.73 Å². The summed E-state index contributed by atoms with van der Waals surface area (Å²) in [4.78, 5) is 8.63. The molecule has 0 unspecified atom stereocenters. The summed E-state index contributed by atoms with van der Waals surface area (Å²) in [6.45, 7) is 0.582. The lowest BCUT2D eigenvalue weighted by molar-refractivity contribution is 0.910. The van der Waals surface area contributed by atoms with Crippen LogP contribution in [0.5, 0.6) is 0 Å². The number of benzene rings is 1. The van der Waals surface area contributed by atoms with Gasteiger partial charge in [0, 0.05) is 23.2 Å². The molecule has 0 saturated carbocycles. The van der Waals surface area contributed by atoms with Crippen LogP contribution in [0.4, 0.5) is 0 Å². The minimum Gasteiger partial charge on any atom is -0.330 e. The van der Waals surface area contributed by atoms with Gasteiger partial charge in [-0.3, -0.25) is 4.98 Å². The van der Waals surface area contributed by atoms with E-state index in [9.17, 15) is 0 Å². The van der Waals surface area contributed by atoms with Crippen molar-refractivity contribution in [3.63, 3.8) is 0 Å². The minimum atomic E-state index is 0.582. The average Bonchev–Trinajstić information content (AvgIpc) is 2.31. The van der Waals surface area contributed by atoms with E-state index >= 15 is 0 Å². The van der Waals surface area contributed by atoms with Crippen LogP contribution in [0.15, 0.2) is 36.7 Å². The molecule has 0 aliphatic heterocycles. The minimum absolute atomic E-state index is 0.582. The summed E-state index contributed by atoms with van der Waals surface area (Å²) in [5.74, 6) is 0. The van der Waals surface area contributed by atoms with Gasteiger partial charge in [-0.25, -0.2) is 4.98 Å². The number of halogens is 1. The SMILES string of the molecule is NCCc1cncc(-c2ccc(Cl)cc2)n1. The van der Waals surface area contributed by atoms with E-state index in [4.69, 9.17) is 17.3 Å². The third-order valence-electron chi connectivity index (χ3n) is 2.22. The molecule has 4 heteroatoms. The molecule has 16 heavy (non-hydrogen) atoms. The highest BCUT2D eigenvalue weighted by Gasteiger charge is 2.01. The summed E-state index contributed by atoms with van der Waals surface area (Å²) in [6.07, 6.45) is 4.23. The molecule has 2 rings (SSSR count). The highest BCUT2D eigenvalue weighted by Crippen LogP contribution is 2.18. The van der Waals surface area contributed by atoms with Crippen LogP contribution in [-0.2, 0) is 6.42 Å². The quantitative estimate of drug-likeness (QED) is 0.885. The van der Waals surface area contributed by atoms with Crippen molar-refractivity contribution in [3.8, 4) is 11.3 Å². The van der Waals surface area contributed by atoms with Crippen LogP contribution in [0.2, 0.25) is 5.02 Å². The lowest BCUT2D eigenvalue weighted by atomic mass is 10.1. The predicted octanol–water partition coefficient (Wildman–Crippen LogP) is 2.30. The van der Waals surface area contributed by atoms with Gasteiger partial charge in [0.15, 0.2) is 0 Å². The Morgan fingerprint density at radius 3 is 2.56 bits per heavy atom. The first-order chi connectivity index (χ1) is 7.79. The molecule has 0 atom stereocenters. The Morgan fingerprint density at radius 1 is 1.12 bits per heavy atom. The molecule has 2 N–H and O–H groups in total. The van der Waals surface area contributed by atoms with E-state index < -0.39 is 0 Å². The van der Waals surface area contributed by atoms with Crippen LogP contribution in [0.1, 0.15) is 5.69 Å². The van der Waals surface area contributed by atoms with Crippen molar-refractivity contribution in [3.05, 3.63) is 47.4 Å². The Balaban J connectivity index is 2.32. The first-order valence-corrected chi connectivity index (χ1v) is 5.44. The molecular weight excluding hydrogens is 222 g/mol. The molecule has 0 aliphatic carbocycles. The van der Waals surface area contributed by atoms with Crippen LogP contribution in [0, 0.1) is 0 Å². The van der Waals surface area contributed by atoms with Gasteiger partial charge >= 0.3 is 0 Å². The van der Waals surface area contributed by atoms with Gasteiger partial charge in [-0.05, 0) is 18.7 Å². The van der Waals surface area contributed by atoms with E-state index in [1.807, 2.05) is 24.3 Å². The molecule has 1 heterocycles. The number of hydrogen-bond donors (Lipinski definition) is 1. The molecule has 0 amide bonds. The molecule has 0 fully saturated rings. The topological polar surface area (TPSA) is 51.8 Å². The van der Waals surface area contributed by atoms with E-state index in [1.165, 1.54) is 0 Å². The Labute approximate surface area is 99.3 Å². The van der Waals surface area contributed by atoms with Gasteiger partial charge in [0.05, 0.1) is 17.6 Å². The summed E-state index contributed by atoms with van der Waals surface area (Å²) in [6, 6.07) is 7.54. The number of rotatable bonds is 3. The normalized spacial score (nSPS) is 10.4. The molecule has 2 aromatic rings. The van der Waals surface area contributed by atoms with Crippen molar-refractivity contribution in [2.75, 3.05) is 6.54 Å². The monoisotopic (exact) mass is 233 g/mol. The fraction of sp³-hybridized carbons (Fsp3) is 0.167. The van der Waals surface area contributed by atoms with Gasteiger partial charge in [0.25, 0.3) is 0 Å². The van der Waals surface area contributed by atoms with E-state index in [0.29, 0.717) is 6.54 Å².